The molecule has 0 saturated heterocycles. The topological polar surface area (TPSA) is 86.3 Å². The van der Waals surface area contributed by atoms with Crippen molar-refractivity contribution >= 4 is 23.2 Å². The molecule has 134 valence electrons. The van der Waals surface area contributed by atoms with Gasteiger partial charge in [-0.1, -0.05) is 45.4 Å². The SMILES string of the molecule is CCCCCCCCCC(=O)Nc1ccc2c(c1)C(=O)/C(=C\[O-])C2=O.[Li+]. The van der Waals surface area contributed by atoms with E-state index in [1.807, 2.05) is 0 Å². The van der Waals surface area contributed by atoms with Gasteiger partial charge >= 0.3 is 18.9 Å². The van der Waals surface area contributed by atoms with Crippen molar-refractivity contribution in [1.82, 2.24) is 0 Å². The normalized spacial score (nSPS) is 14.3. The maximum atomic E-state index is 12.0. The summed E-state index contributed by atoms with van der Waals surface area (Å²) in [7, 11) is 0. The van der Waals surface area contributed by atoms with Gasteiger partial charge in [0, 0.05) is 23.2 Å². The van der Waals surface area contributed by atoms with E-state index in [2.05, 4.69) is 12.2 Å². The maximum Gasteiger partial charge on any atom is 1.00 e. The van der Waals surface area contributed by atoms with Gasteiger partial charge in [-0.15, -0.1) is 6.26 Å². The predicted molar refractivity (Wildman–Crippen MR) is 94.4 cm³/mol. The Kier molecular flexibility index (Phi) is 9.40. The van der Waals surface area contributed by atoms with Crippen LogP contribution in [0.25, 0.3) is 0 Å². The van der Waals surface area contributed by atoms with Crippen LogP contribution in [0.4, 0.5) is 5.69 Å². The Bertz CT molecular complexity index is 697. The van der Waals surface area contributed by atoms with E-state index >= 15 is 0 Å². The number of ketones is 2. The number of hydrogen-bond acceptors (Lipinski definition) is 4. The van der Waals surface area contributed by atoms with Crippen LogP contribution < -0.4 is 29.3 Å². The molecule has 6 heteroatoms. The van der Waals surface area contributed by atoms with Gasteiger partial charge in [0.25, 0.3) is 0 Å². The Morgan fingerprint density at radius 2 is 1.62 bits per heavy atom. The molecule has 1 aromatic rings. The Morgan fingerprint density at radius 3 is 2.27 bits per heavy atom. The number of hydrogen-bond donors (Lipinski definition) is 1. The van der Waals surface area contributed by atoms with E-state index in [9.17, 15) is 19.5 Å². The van der Waals surface area contributed by atoms with Crippen molar-refractivity contribution in [2.45, 2.75) is 58.3 Å². The number of amides is 1. The molecule has 0 unspecified atom stereocenters. The first kappa shape index (κ1) is 22.2. The van der Waals surface area contributed by atoms with Crippen molar-refractivity contribution in [3.8, 4) is 0 Å². The Morgan fingerprint density at radius 1 is 1.00 bits per heavy atom. The van der Waals surface area contributed by atoms with Gasteiger partial charge in [0.2, 0.25) is 5.91 Å². The van der Waals surface area contributed by atoms with Crippen LogP contribution in [0.2, 0.25) is 0 Å². The van der Waals surface area contributed by atoms with Gasteiger partial charge < -0.3 is 10.4 Å². The standard InChI is InChI=1S/C20H25NO4.Li/c1-2-3-4-5-6-7-8-9-18(23)21-14-10-11-15-16(12-14)20(25)17(13-22)19(15)24;/h10-13,22H,2-9H2,1H3,(H,21,23);/q;+1/p-1/b17-13-;. The summed E-state index contributed by atoms with van der Waals surface area (Å²) >= 11 is 0. The molecule has 26 heavy (non-hydrogen) atoms. The number of benzene rings is 1. The number of allylic oxidation sites excluding steroid dienone is 1. The van der Waals surface area contributed by atoms with Crippen molar-refractivity contribution in [1.29, 1.82) is 0 Å². The van der Waals surface area contributed by atoms with Crippen molar-refractivity contribution < 1.29 is 38.4 Å². The van der Waals surface area contributed by atoms with E-state index in [-0.39, 0.29) is 41.5 Å². The molecule has 0 atom stereocenters. The molecule has 1 aliphatic rings. The first-order valence-electron chi connectivity index (χ1n) is 8.94. The van der Waals surface area contributed by atoms with E-state index < -0.39 is 11.6 Å². The van der Waals surface area contributed by atoms with Crippen LogP contribution in [0.15, 0.2) is 30.0 Å². The maximum absolute atomic E-state index is 12.0. The second-order valence-corrected chi connectivity index (χ2v) is 6.37. The minimum absolute atomic E-state index is 0. The molecule has 1 amide bonds. The van der Waals surface area contributed by atoms with E-state index in [4.69, 9.17) is 0 Å². The number of fused-ring (bicyclic) bond motifs is 1. The summed E-state index contributed by atoms with van der Waals surface area (Å²) in [5.74, 6) is -1.22. The second-order valence-electron chi connectivity index (χ2n) is 6.37. The fraction of sp³-hybridized carbons (Fsp3) is 0.450. The molecule has 0 bridgehead atoms. The van der Waals surface area contributed by atoms with Gasteiger partial charge in [-0.3, -0.25) is 14.4 Å². The average Bonchev–Trinajstić information content (AvgIpc) is 2.84. The third-order valence-electron chi connectivity index (χ3n) is 4.41. The second kappa shape index (κ2) is 11.0. The first-order valence-corrected chi connectivity index (χ1v) is 8.94. The molecule has 0 aliphatic heterocycles. The Hall–Kier alpha value is -1.83. The van der Waals surface area contributed by atoms with Crippen LogP contribution in [0, 0.1) is 0 Å². The van der Waals surface area contributed by atoms with Gasteiger partial charge in [-0.25, -0.2) is 0 Å². The summed E-state index contributed by atoms with van der Waals surface area (Å²) in [5.41, 5.74) is 0.527. The van der Waals surface area contributed by atoms with Crippen molar-refractivity contribution in [2.24, 2.45) is 0 Å². The Balaban J connectivity index is 0.00000338. The summed E-state index contributed by atoms with van der Waals surface area (Å²) in [6.45, 7) is 2.19. The molecule has 0 aromatic heterocycles. The third kappa shape index (κ3) is 5.59. The quantitative estimate of drug-likeness (QED) is 0.230. The molecule has 5 nitrogen and oxygen atoms in total. The average molecular weight is 349 g/mol. The van der Waals surface area contributed by atoms with Crippen LogP contribution in [0.3, 0.4) is 0 Å². The smallest absolute Gasteiger partial charge is 0.877 e. The molecule has 1 aromatic carbocycles. The number of Topliss-reactive ketones (excluding diaryl/α,β-unsaturated/α-hetero) is 2. The van der Waals surface area contributed by atoms with Crippen molar-refractivity contribution in [3.05, 3.63) is 41.2 Å². The predicted octanol–water partition coefficient (Wildman–Crippen LogP) is 0.393. The molecule has 0 heterocycles. The summed E-state index contributed by atoms with van der Waals surface area (Å²) < 4.78 is 0. The molecule has 0 spiro atoms. The van der Waals surface area contributed by atoms with Gasteiger partial charge in [-0.05, 0) is 24.6 Å². The van der Waals surface area contributed by atoms with Crippen LogP contribution in [-0.2, 0) is 4.79 Å². The third-order valence-corrected chi connectivity index (χ3v) is 4.41. The van der Waals surface area contributed by atoms with E-state index in [0.717, 1.165) is 19.3 Å². The molecule has 0 radical (unpaired) electrons. The molecule has 1 N–H and O–H groups in total. The number of rotatable bonds is 9. The number of unbranched alkanes of at least 4 members (excludes halogenated alkanes) is 6. The van der Waals surface area contributed by atoms with Crippen molar-refractivity contribution in [3.63, 3.8) is 0 Å². The van der Waals surface area contributed by atoms with Crippen LogP contribution >= 0.6 is 0 Å². The number of nitrogens with one attached hydrogen (secondary N) is 1. The summed E-state index contributed by atoms with van der Waals surface area (Å²) in [4.78, 5) is 35.8. The summed E-state index contributed by atoms with van der Waals surface area (Å²) in [5, 5.41) is 13.6. The largest absolute Gasteiger partial charge is 1.00 e. The molecular weight excluding hydrogens is 325 g/mol. The zero-order valence-electron chi connectivity index (χ0n) is 15.6. The van der Waals surface area contributed by atoms with Gasteiger partial charge in [0.05, 0.1) is 5.57 Å². The zero-order valence-corrected chi connectivity index (χ0v) is 15.6. The summed E-state index contributed by atoms with van der Waals surface area (Å²) in [6.07, 6.45) is 8.71. The monoisotopic (exact) mass is 349 g/mol. The van der Waals surface area contributed by atoms with E-state index in [0.29, 0.717) is 18.4 Å². The number of anilines is 1. The summed E-state index contributed by atoms with van der Waals surface area (Å²) in [6, 6.07) is 4.53. The van der Waals surface area contributed by atoms with E-state index in [1.165, 1.54) is 37.8 Å². The van der Waals surface area contributed by atoms with Crippen LogP contribution in [0.5, 0.6) is 0 Å². The molecule has 2 rings (SSSR count). The van der Waals surface area contributed by atoms with Crippen molar-refractivity contribution in [2.75, 3.05) is 5.32 Å². The zero-order chi connectivity index (χ0) is 18.2. The number of carbonyl (C=O) groups excluding carboxylic acids is 3. The minimum atomic E-state index is -0.571. The molecule has 0 fully saturated rings. The van der Waals surface area contributed by atoms with Gasteiger partial charge in [-0.2, -0.15) is 0 Å². The fourth-order valence-corrected chi connectivity index (χ4v) is 2.97. The fourth-order valence-electron chi connectivity index (χ4n) is 2.97. The Labute approximate surface area is 166 Å². The van der Waals surface area contributed by atoms with E-state index in [1.54, 1.807) is 6.07 Å². The first-order chi connectivity index (χ1) is 12.1. The molecule has 0 saturated carbocycles. The van der Waals surface area contributed by atoms with Crippen LogP contribution in [0.1, 0.15) is 79.0 Å². The minimum Gasteiger partial charge on any atom is -0.877 e. The number of carbonyl (C=O) groups is 3. The molecular formula is C20H24LiNO4. The van der Waals surface area contributed by atoms with Crippen LogP contribution in [-0.4, -0.2) is 17.5 Å². The van der Waals surface area contributed by atoms with Gasteiger partial charge in [0.1, 0.15) is 0 Å². The van der Waals surface area contributed by atoms with Gasteiger partial charge in [0.15, 0.2) is 11.6 Å². The molecule has 1 aliphatic carbocycles.